The predicted octanol–water partition coefficient (Wildman–Crippen LogP) is 2.41. The van der Waals surface area contributed by atoms with Crippen molar-refractivity contribution in [3.05, 3.63) is 29.6 Å². The maximum atomic E-state index is 14.1. The van der Waals surface area contributed by atoms with E-state index in [1.165, 1.54) is 0 Å². The van der Waals surface area contributed by atoms with Crippen molar-refractivity contribution in [1.82, 2.24) is 5.32 Å². The number of nitrogens with one attached hydrogen (secondary N) is 1. The Hall–Kier alpha value is -1.13. The molecule has 1 heterocycles. The van der Waals surface area contributed by atoms with Crippen LogP contribution in [-0.4, -0.2) is 33.4 Å². The molecule has 0 saturated carbocycles. The van der Waals surface area contributed by atoms with E-state index in [-0.39, 0.29) is 5.82 Å². The third kappa shape index (κ3) is 3.67. The number of ether oxygens (including phenoxy) is 1. The SMILES string of the molecule is CCNCc1ccc(N2CCC(COC)C2)c(F)c1. The topological polar surface area (TPSA) is 24.5 Å². The Labute approximate surface area is 114 Å². The number of anilines is 1. The van der Waals surface area contributed by atoms with Crippen LogP contribution in [0.15, 0.2) is 18.2 Å². The summed E-state index contributed by atoms with van der Waals surface area (Å²) < 4.78 is 19.3. The van der Waals surface area contributed by atoms with E-state index in [0.717, 1.165) is 50.5 Å². The number of benzene rings is 1. The fraction of sp³-hybridized carbons (Fsp3) is 0.600. The van der Waals surface area contributed by atoms with Crippen molar-refractivity contribution in [2.45, 2.75) is 19.9 Å². The van der Waals surface area contributed by atoms with Gasteiger partial charge in [-0.2, -0.15) is 0 Å². The van der Waals surface area contributed by atoms with E-state index in [0.29, 0.717) is 5.92 Å². The molecule has 0 amide bonds. The van der Waals surface area contributed by atoms with Crippen LogP contribution in [0.3, 0.4) is 0 Å². The van der Waals surface area contributed by atoms with Gasteiger partial charge in [-0.3, -0.25) is 0 Å². The van der Waals surface area contributed by atoms with Crippen LogP contribution >= 0.6 is 0 Å². The van der Waals surface area contributed by atoms with Gasteiger partial charge in [-0.05, 0) is 30.7 Å². The normalized spacial score (nSPS) is 19.1. The molecule has 4 heteroatoms. The summed E-state index contributed by atoms with van der Waals surface area (Å²) in [6.07, 6.45) is 1.08. The molecule has 0 aliphatic carbocycles. The van der Waals surface area contributed by atoms with Gasteiger partial charge >= 0.3 is 0 Å². The van der Waals surface area contributed by atoms with E-state index in [1.807, 2.05) is 19.1 Å². The summed E-state index contributed by atoms with van der Waals surface area (Å²) >= 11 is 0. The predicted molar refractivity (Wildman–Crippen MR) is 76.0 cm³/mol. The van der Waals surface area contributed by atoms with Gasteiger partial charge in [0.05, 0.1) is 12.3 Å². The summed E-state index contributed by atoms with van der Waals surface area (Å²) in [5.74, 6) is 0.402. The largest absolute Gasteiger partial charge is 0.384 e. The second-order valence-electron chi connectivity index (χ2n) is 5.12. The molecular weight excluding hydrogens is 243 g/mol. The lowest BCUT2D eigenvalue weighted by atomic mass is 10.1. The Kier molecular flexibility index (Phi) is 5.16. The lowest BCUT2D eigenvalue weighted by Crippen LogP contribution is -2.22. The van der Waals surface area contributed by atoms with Crippen LogP contribution in [0.5, 0.6) is 0 Å². The molecule has 1 atom stereocenters. The van der Waals surface area contributed by atoms with Gasteiger partial charge < -0.3 is 15.0 Å². The van der Waals surface area contributed by atoms with Gasteiger partial charge in [-0.1, -0.05) is 13.0 Å². The summed E-state index contributed by atoms with van der Waals surface area (Å²) in [5.41, 5.74) is 1.72. The maximum Gasteiger partial charge on any atom is 0.146 e. The number of hydrogen-bond donors (Lipinski definition) is 1. The summed E-state index contributed by atoms with van der Waals surface area (Å²) in [6.45, 7) is 6.23. The molecule has 19 heavy (non-hydrogen) atoms. The first-order valence-corrected chi connectivity index (χ1v) is 6.97. The van der Waals surface area contributed by atoms with Crippen LogP contribution in [0.4, 0.5) is 10.1 Å². The Morgan fingerprint density at radius 2 is 2.32 bits per heavy atom. The van der Waals surface area contributed by atoms with Gasteiger partial charge in [-0.25, -0.2) is 4.39 Å². The van der Waals surface area contributed by atoms with Crippen molar-refractivity contribution >= 4 is 5.69 Å². The fourth-order valence-corrected chi connectivity index (χ4v) is 2.61. The zero-order valence-corrected chi connectivity index (χ0v) is 11.8. The van der Waals surface area contributed by atoms with Crippen molar-refractivity contribution in [2.75, 3.05) is 38.3 Å². The van der Waals surface area contributed by atoms with Crippen LogP contribution in [-0.2, 0) is 11.3 Å². The molecule has 1 aliphatic rings. The second kappa shape index (κ2) is 6.87. The van der Waals surface area contributed by atoms with E-state index in [9.17, 15) is 4.39 Å². The second-order valence-corrected chi connectivity index (χ2v) is 5.12. The van der Waals surface area contributed by atoms with E-state index in [1.54, 1.807) is 13.2 Å². The molecule has 2 rings (SSSR count). The summed E-state index contributed by atoms with van der Waals surface area (Å²) in [7, 11) is 1.72. The first-order chi connectivity index (χ1) is 9.24. The molecule has 106 valence electrons. The van der Waals surface area contributed by atoms with Gasteiger partial charge in [0.1, 0.15) is 5.82 Å². The number of methoxy groups -OCH3 is 1. The third-order valence-electron chi connectivity index (χ3n) is 3.62. The van der Waals surface area contributed by atoms with Gasteiger partial charge in [0.15, 0.2) is 0 Å². The van der Waals surface area contributed by atoms with Gasteiger partial charge in [-0.15, -0.1) is 0 Å². The summed E-state index contributed by atoms with van der Waals surface area (Å²) in [5, 5.41) is 3.21. The van der Waals surface area contributed by atoms with E-state index < -0.39 is 0 Å². The van der Waals surface area contributed by atoms with Crippen molar-refractivity contribution < 1.29 is 9.13 Å². The first-order valence-electron chi connectivity index (χ1n) is 6.97. The quantitative estimate of drug-likeness (QED) is 0.855. The molecule has 1 aromatic rings. The van der Waals surface area contributed by atoms with Crippen LogP contribution in [0.1, 0.15) is 18.9 Å². The molecular formula is C15H23FN2O. The van der Waals surface area contributed by atoms with Crippen molar-refractivity contribution in [1.29, 1.82) is 0 Å². The minimum Gasteiger partial charge on any atom is -0.384 e. The highest BCUT2D eigenvalue weighted by Gasteiger charge is 2.24. The zero-order valence-electron chi connectivity index (χ0n) is 11.8. The molecule has 0 spiro atoms. The minimum absolute atomic E-state index is 0.117. The Balaban J connectivity index is 2.01. The zero-order chi connectivity index (χ0) is 13.7. The third-order valence-corrected chi connectivity index (χ3v) is 3.62. The molecule has 1 unspecified atom stereocenters. The highest BCUT2D eigenvalue weighted by atomic mass is 19.1. The van der Waals surface area contributed by atoms with Crippen molar-refractivity contribution in [3.63, 3.8) is 0 Å². The van der Waals surface area contributed by atoms with Gasteiger partial charge in [0.2, 0.25) is 0 Å². The molecule has 1 saturated heterocycles. The lowest BCUT2D eigenvalue weighted by molar-refractivity contribution is 0.161. The molecule has 3 nitrogen and oxygen atoms in total. The molecule has 1 fully saturated rings. The Morgan fingerprint density at radius 3 is 3.00 bits per heavy atom. The molecule has 1 aromatic carbocycles. The number of halogens is 1. The van der Waals surface area contributed by atoms with E-state index in [4.69, 9.17) is 4.74 Å². The lowest BCUT2D eigenvalue weighted by Gasteiger charge is -2.20. The highest BCUT2D eigenvalue weighted by Crippen LogP contribution is 2.27. The molecule has 0 radical (unpaired) electrons. The first kappa shape index (κ1) is 14.3. The maximum absolute atomic E-state index is 14.1. The molecule has 1 N–H and O–H groups in total. The number of rotatable bonds is 6. The average molecular weight is 266 g/mol. The monoisotopic (exact) mass is 266 g/mol. The molecule has 1 aliphatic heterocycles. The van der Waals surface area contributed by atoms with Crippen LogP contribution in [0.2, 0.25) is 0 Å². The van der Waals surface area contributed by atoms with Crippen molar-refractivity contribution in [2.24, 2.45) is 5.92 Å². The standard InChI is InChI=1S/C15H23FN2O/c1-3-17-9-12-4-5-15(14(16)8-12)18-7-6-13(10-18)11-19-2/h4-5,8,13,17H,3,6-7,9-11H2,1-2H3. The number of nitrogens with zero attached hydrogens (tertiary/aromatic N) is 1. The van der Waals surface area contributed by atoms with Crippen LogP contribution in [0, 0.1) is 11.7 Å². The van der Waals surface area contributed by atoms with Gasteiger partial charge in [0, 0.05) is 32.7 Å². The fourth-order valence-electron chi connectivity index (χ4n) is 2.61. The van der Waals surface area contributed by atoms with Crippen LogP contribution < -0.4 is 10.2 Å². The summed E-state index contributed by atoms with van der Waals surface area (Å²) in [4.78, 5) is 2.12. The Morgan fingerprint density at radius 1 is 1.47 bits per heavy atom. The molecule has 0 bridgehead atoms. The van der Waals surface area contributed by atoms with E-state index >= 15 is 0 Å². The van der Waals surface area contributed by atoms with Gasteiger partial charge in [0.25, 0.3) is 0 Å². The summed E-state index contributed by atoms with van der Waals surface area (Å²) in [6, 6.07) is 5.55. The number of hydrogen-bond acceptors (Lipinski definition) is 3. The van der Waals surface area contributed by atoms with Crippen LogP contribution in [0.25, 0.3) is 0 Å². The van der Waals surface area contributed by atoms with Crippen molar-refractivity contribution in [3.8, 4) is 0 Å². The minimum atomic E-state index is -0.117. The smallest absolute Gasteiger partial charge is 0.146 e. The average Bonchev–Trinajstić information content (AvgIpc) is 2.85. The Bertz CT molecular complexity index is 411. The molecule has 0 aromatic heterocycles. The van der Waals surface area contributed by atoms with E-state index in [2.05, 4.69) is 10.2 Å². The highest BCUT2D eigenvalue weighted by molar-refractivity contribution is 5.50.